The van der Waals surface area contributed by atoms with Gasteiger partial charge in [-0.15, -0.1) is 0 Å². The standard InChI is InChI=1S/C24H28N2O5S/c1-2-31-23(27)16-9-19-7-12-21(13-8-19)25-24(28)20-10-14-22(15-11-20)32(29,30)26-17-5-3-4-6-18-26/h7-16H,2-6,17-18H2,1H3,(H,25,28)/b16-9+. The molecular weight excluding hydrogens is 428 g/mol. The first-order chi connectivity index (χ1) is 15.4. The number of benzene rings is 2. The van der Waals surface area contributed by atoms with E-state index in [4.69, 9.17) is 4.74 Å². The molecule has 0 spiro atoms. The van der Waals surface area contributed by atoms with Gasteiger partial charge in [-0.05, 0) is 67.8 Å². The predicted molar refractivity (Wildman–Crippen MR) is 124 cm³/mol. The maximum atomic E-state index is 12.9. The Morgan fingerprint density at radius 3 is 2.19 bits per heavy atom. The monoisotopic (exact) mass is 456 g/mol. The van der Waals surface area contributed by atoms with Crippen LogP contribution in [0.5, 0.6) is 0 Å². The van der Waals surface area contributed by atoms with Crippen LogP contribution in [0.4, 0.5) is 5.69 Å². The Hall–Kier alpha value is -2.97. The van der Waals surface area contributed by atoms with E-state index in [0.717, 1.165) is 31.2 Å². The fourth-order valence-corrected chi connectivity index (χ4v) is 4.96. The first-order valence-corrected chi connectivity index (χ1v) is 12.2. The van der Waals surface area contributed by atoms with E-state index in [-0.39, 0.29) is 10.8 Å². The second-order valence-corrected chi connectivity index (χ2v) is 9.44. The third kappa shape index (κ3) is 6.27. The summed E-state index contributed by atoms with van der Waals surface area (Å²) in [6.45, 7) is 3.13. The first-order valence-electron chi connectivity index (χ1n) is 10.8. The summed E-state index contributed by atoms with van der Waals surface area (Å²) < 4.78 is 32.1. The molecule has 1 aliphatic rings. The molecule has 0 atom stereocenters. The minimum Gasteiger partial charge on any atom is -0.463 e. The van der Waals surface area contributed by atoms with Crippen molar-refractivity contribution in [1.82, 2.24) is 4.31 Å². The summed E-state index contributed by atoms with van der Waals surface area (Å²) in [5.74, 6) is -0.746. The number of nitrogens with one attached hydrogen (secondary N) is 1. The lowest BCUT2D eigenvalue weighted by atomic mass is 10.1. The molecule has 7 nitrogen and oxygen atoms in total. The van der Waals surface area contributed by atoms with Crippen LogP contribution in [0, 0.1) is 0 Å². The first kappa shape index (κ1) is 23.7. The molecule has 0 aliphatic carbocycles. The fourth-order valence-electron chi connectivity index (χ4n) is 3.44. The normalized spacial score (nSPS) is 15.3. The van der Waals surface area contributed by atoms with Gasteiger partial charge in [0.2, 0.25) is 10.0 Å². The highest BCUT2D eigenvalue weighted by molar-refractivity contribution is 7.89. The van der Waals surface area contributed by atoms with Crippen molar-refractivity contribution >= 4 is 33.7 Å². The van der Waals surface area contributed by atoms with Crippen molar-refractivity contribution in [3.63, 3.8) is 0 Å². The summed E-state index contributed by atoms with van der Waals surface area (Å²) in [6, 6.07) is 13.0. The van der Waals surface area contributed by atoms with Gasteiger partial charge in [0.05, 0.1) is 11.5 Å². The Labute approximate surface area is 189 Å². The van der Waals surface area contributed by atoms with Gasteiger partial charge in [-0.1, -0.05) is 25.0 Å². The molecule has 1 heterocycles. The van der Waals surface area contributed by atoms with Crippen LogP contribution in [0.25, 0.3) is 6.08 Å². The number of amides is 1. The largest absolute Gasteiger partial charge is 0.463 e. The van der Waals surface area contributed by atoms with Crippen molar-refractivity contribution in [1.29, 1.82) is 0 Å². The van der Waals surface area contributed by atoms with Gasteiger partial charge in [0.1, 0.15) is 0 Å². The highest BCUT2D eigenvalue weighted by atomic mass is 32.2. The average molecular weight is 457 g/mol. The maximum Gasteiger partial charge on any atom is 0.330 e. The average Bonchev–Trinajstić information content (AvgIpc) is 3.09. The molecule has 1 saturated heterocycles. The molecule has 1 amide bonds. The Morgan fingerprint density at radius 1 is 0.969 bits per heavy atom. The van der Waals surface area contributed by atoms with Crippen LogP contribution >= 0.6 is 0 Å². The molecule has 1 fully saturated rings. The fraction of sp³-hybridized carbons (Fsp3) is 0.333. The number of hydrogen-bond acceptors (Lipinski definition) is 5. The molecule has 170 valence electrons. The van der Waals surface area contributed by atoms with E-state index < -0.39 is 16.0 Å². The van der Waals surface area contributed by atoms with Gasteiger partial charge in [0.15, 0.2) is 0 Å². The molecule has 0 saturated carbocycles. The topological polar surface area (TPSA) is 92.8 Å². The predicted octanol–water partition coefficient (Wildman–Crippen LogP) is 4.08. The van der Waals surface area contributed by atoms with E-state index in [1.807, 2.05) is 0 Å². The van der Waals surface area contributed by atoms with Crippen LogP contribution in [0.2, 0.25) is 0 Å². The van der Waals surface area contributed by atoms with Gasteiger partial charge in [0, 0.05) is 30.4 Å². The van der Waals surface area contributed by atoms with Gasteiger partial charge in [0.25, 0.3) is 5.91 Å². The van der Waals surface area contributed by atoms with E-state index in [1.165, 1.54) is 34.6 Å². The van der Waals surface area contributed by atoms with E-state index in [2.05, 4.69) is 5.32 Å². The molecular formula is C24H28N2O5S. The molecule has 1 N–H and O–H groups in total. The highest BCUT2D eigenvalue weighted by Gasteiger charge is 2.25. The second kappa shape index (κ2) is 11.1. The molecule has 32 heavy (non-hydrogen) atoms. The Bertz CT molecular complexity index is 1050. The Balaban J connectivity index is 1.63. The number of sulfonamides is 1. The van der Waals surface area contributed by atoms with Crippen molar-refractivity contribution in [2.75, 3.05) is 25.0 Å². The third-order valence-electron chi connectivity index (χ3n) is 5.19. The number of nitrogens with zero attached hydrogens (tertiary/aromatic N) is 1. The zero-order valence-electron chi connectivity index (χ0n) is 18.1. The number of esters is 1. The van der Waals surface area contributed by atoms with Crippen LogP contribution < -0.4 is 5.32 Å². The lowest BCUT2D eigenvalue weighted by molar-refractivity contribution is -0.137. The van der Waals surface area contributed by atoms with Crippen LogP contribution in [0.15, 0.2) is 59.5 Å². The molecule has 8 heteroatoms. The minimum atomic E-state index is -3.54. The molecule has 2 aromatic rings. The van der Waals surface area contributed by atoms with E-state index in [1.54, 1.807) is 37.3 Å². The number of hydrogen-bond donors (Lipinski definition) is 1. The van der Waals surface area contributed by atoms with Crippen molar-refractivity contribution in [2.24, 2.45) is 0 Å². The van der Waals surface area contributed by atoms with Crippen molar-refractivity contribution in [2.45, 2.75) is 37.5 Å². The lowest BCUT2D eigenvalue weighted by Gasteiger charge is -2.20. The summed E-state index contributed by atoms with van der Waals surface area (Å²) in [6.07, 6.45) is 6.82. The third-order valence-corrected chi connectivity index (χ3v) is 7.10. The van der Waals surface area contributed by atoms with E-state index in [0.29, 0.717) is 30.9 Å². The SMILES string of the molecule is CCOC(=O)/C=C/c1ccc(NC(=O)c2ccc(S(=O)(=O)N3CCCCCC3)cc2)cc1. The van der Waals surface area contributed by atoms with E-state index >= 15 is 0 Å². The van der Waals surface area contributed by atoms with E-state index in [9.17, 15) is 18.0 Å². The number of anilines is 1. The summed E-state index contributed by atoms with van der Waals surface area (Å²) in [5.41, 5.74) is 1.75. The highest BCUT2D eigenvalue weighted by Crippen LogP contribution is 2.21. The molecule has 0 radical (unpaired) electrons. The van der Waals surface area contributed by atoms with Gasteiger partial charge >= 0.3 is 5.97 Å². The summed E-state index contributed by atoms with van der Waals surface area (Å²) in [5, 5.41) is 2.79. The van der Waals surface area contributed by atoms with Gasteiger partial charge < -0.3 is 10.1 Å². The van der Waals surface area contributed by atoms with Crippen LogP contribution in [0.3, 0.4) is 0 Å². The number of rotatable bonds is 7. The Kier molecular flexibility index (Phi) is 8.19. The van der Waals surface area contributed by atoms with Crippen LogP contribution in [-0.4, -0.2) is 44.3 Å². The second-order valence-electron chi connectivity index (χ2n) is 7.50. The quantitative estimate of drug-likeness (QED) is 0.501. The van der Waals surface area contributed by atoms with Crippen molar-refractivity contribution in [3.05, 3.63) is 65.7 Å². The number of carbonyl (C=O) groups excluding carboxylic acids is 2. The van der Waals surface area contributed by atoms with Gasteiger partial charge in [-0.2, -0.15) is 4.31 Å². The molecule has 1 aliphatic heterocycles. The molecule has 0 bridgehead atoms. The van der Waals surface area contributed by atoms with Gasteiger partial charge in [-0.3, -0.25) is 4.79 Å². The van der Waals surface area contributed by atoms with Crippen molar-refractivity contribution < 1.29 is 22.7 Å². The molecule has 2 aromatic carbocycles. The summed E-state index contributed by atoms with van der Waals surface area (Å²) >= 11 is 0. The molecule has 3 rings (SSSR count). The molecule has 0 unspecified atom stereocenters. The maximum absolute atomic E-state index is 12.9. The summed E-state index contributed by atoms with van der Waals surface area (Å²) in [7, 11) is -3.54. The van der Waals surface area contributed by atoms with Crippen molar-refractivity contribution in [3.8, 4) is 0 Å². The smallest absolute Gasteiger partial charge is 0.330 e. The molecule has 0 aromatic heterocycles. The zero-order valence-corrected chi connectivity index (χ0v) is 18.9. The zero-order chi connectivity index (χ0) is 23.0. The number of carbonyl (C=O) groups is 2. The van der Waals surface area contributed by atoms with Crippen LogP contribution in [-0.2, 0) is 19.6 Å². The van der Waals surface area contributed by atoms with Crippen LogP contribution in [0.1, 0.15) is 48.5 Å². The lowest BCUT2D eigenvalue weighted by Crippen LogP contribution is -2.31. The Morgan fingerprint density at radius 2 is 1.59 bits per heavy atom. The van der Waals surface area contributed by atoms with Gasteiger partial charge in [-0.25, -0.2) is 13.2 Å². The minimum absolute atomic E-state index is 0.202. The summed E-state index contributed by atoms with van der Waals surface area (Å²) in [4.78, 5) is 24.1. The number of ether oxygens (including phenoxy) is 1.